The molecule has 1 unspecified atom stereocenters. The molecule has 0 amide bonds. The van der Waals surface area contributed by atoms with Gasteiger partial charge < -0.3 is 5.11 Å². The molecule has 17 heavy (non-hydrogen) atoms. The minimum Gasteiger partial charge on any atom is -0.381 e. The standard InChI is InChI=1S/C12H13BrN2OS/c1-15-11(8(13)6-14-15)12(16)10-5-7-3-2-4-9(7)17-10/h5-6,12,16H,2-4H2,1H3. The third-order valence-electron chi connectivity index (χ3n) is 3.23. The molecule has 0 aromatic carbocycles. The third kappa shape index (κ3) is 1.86. The van der Waals surface area contributed by atoms with Gasteiger partial charge in [0.25, 0.3) is 0 Å². The largest absolute Gasteiger partial charge is 0.381 e. The van der Waals surface area contributed by atoms with Crippen LogP contribution in [-0.4, -0.2) is 14.9 Å². The van der Waals surface area contributed by atoms with E-state index in [4.69, 9.17) is 0 Å². The summed E-state index contributed by atoms with van der Waals surface area (Å²) in [4.78, 5) is 2.47. The molecule has 3 nitrogen and oxygen atoms in total. The van der Waals surface area contributed by atoms with Crippen LogP contribution >= 0.6 is 27.3 Å². The van der Waals surface area contributed by atoms with Crippen LogP contribution in [0.2, 0.25) is 0 Å². The van der Waals surface area contributed by atoms with Crippen LogP contribution in [0.1, 0.15) is 33.5 Å². The molecule has 0 bridgehead atoms. The second kappa shape index (κ2) is 4.23. The third-order valence-corrected chi connectivity index (χ3v) is 5.13. The van der Waals surface area contributed by atoms with E-state index in [1.165, 1.54) is 23.3 Å². The molecule has 90 valence electrons. The van der Waals surface area contributed by atoms with Crippen molar-refractivity contribution in [1.29, 1.82) is 0 Å². The van der Waals surface area contributed by atoms with Crippen LogP contribution < -0.4 is 0 Å². The lowest BCUT2D eigenvalue weighted by Gasteiger charge is -2.10. The Labute approximate surface area is 112 Å². The van der Waals surface area contributed by atoms with Crippen molar-refractivity contribution in [2.24, 2.45) is 7.05 Å². The summed E-state index contributed by atoms with van der Waals surface area (Å²) >= 11 is 5.17. The lowest BCUT2D eigenvalue weighted by Crippen LogP contribution is -2.06. The predicted octanol–water partition coefficient (Wildman–Crippen LogP) is 2.81. The van der Waals surface area contributed by atoms with Crippen LogP contribution in [0.4, 0.5) is 0 Å². The number of aliphatic hydroxyl groups excluding tert-OH is 1. The number of fused-ring (bicyclic) bond motifs is 1. The fourth-order valence-corrected chi connectivity index (χ4v) is 4.16. The molecule has 1 atom stereocenters. The summed E-state index contributed by atoms with van der Waals surface area (Å²) in [7, 11) is 1.85. The van der Waals surface area contributed by atoms with Gasteiger partial charge in [-0.15, -0.1) is 11.3 Å². The molecule has 3 rings (SSSR count). The first kappa shape index (κ1) is 11.4. The van der Waals surface area contributed by atoms with Crippen molar-refractivity contribution in [3.05, 3.63) is 37.7 Å². The Kier molecular flexibility index (Phi) is 2.84. The van der Waals surface area contributed by atoms with Crippen molar-refractivity contribution in [2.45, 2.75) is 25.4 Å². The normalized spacial score (nSPS) is 16.2. The quantitative estimate of drug-likeness (QED) is 0.926. The van der Waals surface area contributed by atoms with Gasteiger partial charge in [0.15, 0.2) is 0 Å². The number of aliphatic hydroxyl groups is 1. The van der Waals surface area contributed by atoms with Crippen molar-refractivity contribution >= 4 is 27.3 Å². The fraction of sp³-hybridized carbons (Fsp3) is 0.417. The first-order valence-electron chi connectivity index (χ1n) is 5.63. The molecule has 0 saturated carbocycles. The highest BCUT2D eigenvalue weighted by Gasteiger charge is 2.23. The molecule has 0 radical (unpaired) electrons. The van der Waals surface area contributed by atoms with Gasteiger partial charge in [-0.1, -0.05) is 0 Å². The summed E-state index contributed by atoms with van der Waals surface area (Å²) in [6.07, 6.45) is 4.73. The first-order chi connectivity index (χ1) is 8.16. The smallest absolute Gasteiger partial charge is 0.131 e. The molecule has 1 aliphatic rings. The van der Waals surface area contributed by atoms with Crippen molar-refractivity contribution < 1.29 is 5.11 Å². The maximum absolute atomic E-state index is 10.4. The number of hydrogen-bond acceptors (Lipinski definition) is 3. The zero-order valence-corrected chi connectivity index (χ0v) is 11.9. The van der Waals surface area contributed by atoms with Crippen molar-refractivity contribution in [3.63, 3.8) is 0 Å². The van der Waals surface area contributed by atoms with Gasteiger partial charge in [0.05, 0.1) is 16.4 Å². The SMILES string of the molecule is Cn1ncc(Br)c1C(O)c1cc2c(s1)CCC2. The molecule has 2 heterocycles. The summed E-state index contributed by atoms with van der Waals surface area (Å²) in [5, 5.41) is 14.6. The predicted molar refractivity (Wildman–Crippen MR) is 71.3 cm³/mol. The second-order valence-electron chi connectivity index (χ2n) is 4.35. The van der Waals surface area contributed by atoms with Gasteiger partial charge in [-0.3, -0.25) is 4.68 Å². The Balaban J connectivity index is 1.98. The molecule has 5 heteroatoms. The average molecular weight is 313 g/mol. The summed E-state index contributed by atoms with van der Waals surface area (Å²) in [6.45, 7) is 0. The minimum atomic E-state index is -0.576. The van der Waals surface area contributed by atoms with E-state index in [2.05, 4.69) is 27.1 Å². The van der Waals surface area contributed by atoms with E-state index in [0.717, 1.165) is 21.5 Å². The fourth-order valence-electron chi connectivity index (χ4n) is 2.35. The number of thiophene rings is 1. The van der Waals surface area contributed by atoms with Gasteiger partial charge in [0.1, 0.15) is 6.10 Å². The van der Waals surface area contributed by atoms with Crippen molar-refractivity contribution in [2.75, 3.05) is 0 Å². The zero-order valence-electron chi connectivity index (χ0n) is 9.48. The number of halogens is 1. The van der Waals surface area contributed by atoms with Gasteiger partial charge in [-0.05, 0) is 46.8 Å². The maximum atomic E-state index is 10.4. The van der Waals surface area contributed by atoms with Crippen LogP contribution in [0.5, 0.6) is 0 Å². The van der Waals surface area contributed by atoms with Crippen LogP contribution in [0, 0.1) is 0 Å². The van der Waals surface area contributed by atoms with E-state index < -0.39 is 6.10 Å². The average Bonchev–Trinajstić information content (AvgIpc) is 2.92. The first-order valence-corrected chi connectivity index (χ1v) is 7.24. The summed E-state index contributed by atoms with van der Waals surface area (Å²) in [5.74, 6) is 0. The zero-order chi connectivity index (χ0) is 12.0. The summed E-state index contributed by atoms with van der Waals surface area (Å²) in [6, 6.07) is 2.15. The topological polar surface area (TPSA) is 38.0 Å². The molecular formula is C12H13BrN2OS. The molecule has 0 aliphatic heterocycles. The van der Waals surface area contributed by atoms with E-state index in [0.29, 0.717) is 0 Å². The molecule has 0 spiro atoms. The summed E-state index contributed by atoms with van der Waals surface area (Å²) < 4.78 is 2.58. The van der Waals surface area contributed by atoms with E-state index in [-0.39, 0.29) is 0 Å². The van der Waals surface area contributed by atoms with Gasteiger partial charge in [0, 0.05) is 16.8 Å². The monoisotopic (exact) mass is 312 g/mol. The highest BCUT2D eigenvalue weighted by molar-refractivity contribution is 9.10. The van der Waals surface area contributed by atoms with Gasteiger partial charge in [-0.2, -0.15) is 5.10 Å². The Morgan fingerprint density at radius 1 is 1.53 bits per heavy atom. The molecular weight excluding hydrogens is 300 g/mol. The summed E-state index contributed by atoms with van der Waals surface area (Å²) in [5.41, 5.74) is 2.24. The van der Waals surface area contributed by atoms with Crippen molar-refractivity contribution in [3.8, 4) is 0 Å². The van der Waals surface area contributed by atoms with Gasteiger partial charge in [-0.25, -0.2) is 0 Å². The lowest BCUT2D eigenvalue weighted by atomic mass is 10.2. The van der Waals surface area contributed by atoms with Crippen molar-refractivity contribution in [1.82, 2.24) is 9.78 Å². The van der Waals surface area contributed by atoms with E-state index in [9.17, 15) is 5.11 Å². The van der Waals surface area contributed by atoms with Crippen LogP contribution in [0.25, 0.3) is 0 Å². The van der Waals surface area contributed by atoms with E-state index >= 15 is 0 Å². The van der Waals surface area contributed by atoms with Crippen LogP contribution in [0.3, 0.4) is 0 Å². The second-order valence-corrected chi connectivity index (χ2v) is 6.38. The van der Waals surface area contributed by atoms with Gasteiger partial charge in [0.2, 0.25) is 0 Å². The van der Waals surface area contributed by atoms with Crippen LogP contribution in [0.15, 0.2) is 16.7 Å². The van der Waals surface area contributed by atoms with E-state index in [1.807, 2.05) is 7.05 Å². The lowest BCUT2D eigenvalue weighted by molar-refractivity contribution is 0.212. The molecule has 0 fully saturated rings. The Bertz CT molecular complexity index is 520. The maximum Gasteiger partial charge on any atom is 0.131 e. The Morgan fingerprint density at radius 2 is 2.35 bits per heavy atom. The molecule has 2 aromatic rings. The molecule has 0 saturated heterocycles. The Hall–Kier alpha value is -0.650. The molecule has 1 N–H and O–H groups in total. The minimum absolute atomic E-state index is 0.576. The highest BCUT2D eigenvalue weighted by atomic mass is 79.9. The molecule has 1 aliphatic carbocycles. The van der Waals surface area contributed by atoms with Crippen LogP contribution in [-0.2, 0) is 19.9 Å². The van der Waals surface area contributed by atoms with E-state index in [1.54, 1.807) is 22.2 Å². The number of aryl methyl sites for hydroxylation is 3. The highest BCUT2D eigenvalue weighted by Crippen LogP contribution is 2.37. The number of aromatic nitrogens is 2. The van der Waals surface area contributed by atoms with Gasteiger partial charge >= 0.3 is 0 Å². The number of nitrogens with zero attached hydrogens (tertiary/aromatic N) is 2. The Morgan fingerprint density at radius 3 is 3.00 bits per heavy atom. The number of hydrogen-bond donors (Lipinski definition) is 1. The molecule has 2 aromatic heterocycles. The number of rotatable bonds is 2.